The van der Waals surface area contributed by atoms with E-state index in [9.17, 15) is 8.78 Å². The van der Waals surface area contributed by atoms with Crippen LogP contribution in [0.3, 0.4) is 0 Å². The standard InChI is InChI=1S/C14H8F2N6/c15-8-2-1-3-9(16)11(8)14-20-10-5-19-22-12(10)7-4-17-6-18-13(7)21-14/h1-6H,(H,19,22)(H,17,18,20,21). The maximum absolute atomic E-state index is 14.0. The molecule has 0 saturated carbocycles. The zero-order valence-corrected chi connectivity index (χ0v) is 11.0. The van der Waals surface area contributed by atoms with Crippen molar-refractivity contribution in [1.29, 1.82) is 0 Å². The van der Waals surface area contributed by atoms with Gasteiger partial charge in [0.25, 0.3) is 0 Å². The van der Waals surface area contributed by atoms with Crippen LogP contribution in [0.4, 0.5) is 20.3 Å². The molecule has 0 spiro atoms. The van der Waals surface area contributed by atoms with Crippen LogP contribution < -0.4 is 5.32 Å². The summed E-state index contributed by atoms with van der Waals surface area (Å²) in [7, 11) is 0. The van der Waals surface area contributed by atoms with Gasteiger partial charge in [-0.2, -0.15) is 5.10 Å². The second-order valence-corrected chi connectivity index (χ2v) is 4.60. The Morgan fingerprint density at radius 1 is 1.05 bits per heavy atom. The molecule has 2 aromatic heterocycles. The SMILES string of the molecule is Fc1cccc(F)c1C1=Nc2ncncc2-c2[nH]ncc2N1. The zero-order chi connectivity index (χ0) is 15.1. The maximum Gasteiger partial charge on any atom is 0.167 e. The number of benzene rings is 1. The van der Waals surface area contributed by atoms with Gasteiger partial charge in [-0.3, -0.25) is 5.10 Å². The van der Waals surface area contributed by atoms with Crippen molar-refractivity contribution >= 4 is 17.3 Å². The average Bonchev–Trinajstić information content (AvgIpc) is 2.90. The minimum atomic E-state index is -0.714. The Kier molecular flexibility index (Phi) is 2.68. The van der Waals surface area contributed by atoms with Gasteiger partial charge in [-0.25, -0.2) is 23.7 Å². The number of aromatic amines is 1. The van der Waals surface area contributed by atoms with E-state index in [4.69, 9.17) is 0 Å². The molecule has 0 bridgehead atoms. The summed E-state index contributed by atoms with van der Waals surface area (Å²) in [5, 5.41) is 9.63. The fraction of sp³-hybridized carbons (Fsp3) is 0. The number of fused-ring (bicyclic) bond motifs is 3. The van der Waals surface area contributed by atoms with Gasteiger partial charge >= 0.3 is 0 Å². The first-order valence-corrected chi connectivity index (χ1v) is 6.38. The summed E-state index contributed by atoms with van der Waals surface area (Å²) in [4.78, 5) is 12.3. The minimum Gasteiger partial charge on any atom is -0.336 e. The van der Waals surface area contributed by atoms with E-state index in [1.54, 1.807) is 6.20 Å². The van der Waals surface area contributed by atoms with Crippen molar-refractivity contribution < 1.29 is 8.78 Å². The Morgan fingerprint density at radius 2 is 1.86 bits per heavy atom. The number of H-pyrrole nitrogens is 1. The molecule has 0 aliphatic carbocycles. The highest BCUT2D eigenvalue weighted by Crippen LogP contribution is 2.35. The summed E-state index contributed by atoms with van der Waals surface area (Å²) < 4.78 is 28.1. The molecule has 0 saturated heterocycles. The summed E-state index contributed by atoms with van der Waals surface area (Å²) in [6, 6.07) is 3.64. The molecule has 3 aromatic rings. The lowest BCUT2D eigenvalue weighted by Gasteiger charge is -2.09. The molecule has 0 amide bonds. The first-order valence-electron chi connectivity index (χ1n) is 6.38. The fourth-order valence-electron chi connectivity index (χ4n) is 2.28. The number of nitrogens with one attached hydrogen (secondary N) is 2. The van der Waals surface area contributed by atoms with E-state index < -0.39 is 11.6 Å². The summed E-state index contributed by atoms with van der Waals surface area (Å²) in [6.45, 7) is 0. The summed E-state index contributed by atoms with van der Waals surface area (Å²) in [5.41, 5.74) is 1.48. The van der Waals surface area contributed by atoms with Crippen molar-refractivity contribution in [2.24, 2.45) is 4.99 Å². The quantitative estimate of drug-likeness (QED) is 0.724. The fourth-order valence-corrected chi connectivity index (χ4v) is 2.28. The molecule has 2 N–H and O–H groups in total. The molecule has 3 heterocycles. The van der Waals surface area contributed by atoms with E-state index in [1.165, 1.54) is 30.7 Å². The largest absolute Gasteiger partial charge is 0.336 e. The van der Waals surface area contributed by atoms with E-state index in [2.05, 4.69) is 30.5 Å². The molecule has 0 fully saturated rings. The summed E-state index contributed by atoms with van der Waals surface area (Å²) in [6.07, 6.45) is 4.38. The molecule has 8 heteroatoms. The van der Waals surface area contributed by atoms with E-state index >= 15 is 0 Å². The van der Waals surface area contributed by atoms with Crippen molar-refractivity contribution in [1.82, 2.24) is 20.2 Å². The Labute approximate surface area is 123 Å². The van der Waals surface area contributed by atoms with Crippen LogP contribution in [-0.4, -0.2) is 26.0 Å². The Bertz CT molecular complexity index is 882. The van der Waals surface area contributed by atoms with Crippen LogP contribution in [0.2, 0.25) is 0 Å². The number of hydrogen-bond acceptors (Lipinski definition) is 5. The zero-order valence-electron chi connectivity index (χ0n) is 11.0. The van der Waals surface area contributed by atoms with Gasteiger partial charge in [0.05, 0.1) is 28.7 Å². The highest BCUT2D eigenvalue weighted by atomic mass is 19.1. The summed E-state index contributed by atoms with van der Waals surface area (Å²) >= 11 is 0. The third-order valence-electron chi connectivity index (χ3n) is 3.27. The molecule has 6 nitrogen and oxygen atoms in total. The van der Waals surface area contributed by atoms with Gasteiger partial charge in [-0.15, -0.1) is 0 Å². The van der Waals surface area contributed by atoms with E-state index in [1.807, 2.05) is 0 Å². The van der Waals surface area contributed by atoms with Gasteiger partial charge in [0.2, 0.25) is 0 Å². The van der Waals surface area contributed by atoms with E-state index in [0.717, 1.165) is 0 Å². The van der Waals surface area contributed by atoms with E-state index in [-0.39, 0.29) is 11.4 Å². The van der Waals surface area contributed by atoms with Gasteiger partial charge in [0, 0.05) is 6.20 Å². The lowest BCUT2D eigenvalue weighted by Crippen LogP contribution is -2.16. The van der Waals surface area contributed by atoms with Gasteiger partial charge in [0.1, 0.15) is 23.8 Å². The lowest BCUT2D eigenvalue weighted by atomic mass is 10.1. The molecule has 0 atom stereocenters. The van der Waals surface area contributed by atoms with Gasteiger partial charge < -0.3 is 5.32 Å². The number of anilines is 1. The molecule has 0 radical (unpaired) electrons. The molecular weight excluding hydrogens is 290 g/mol. The second kappa shape index (κ2) is 4.69. The van der Waals surface area contributed by atoms with Crippen LogP contribution in [0.15, 0.2) is 41.9 Å². The number of hydrogen-bond donors (Lipinski definition) is 2. The number of nitrogens with zero attached hydrogens (tertiary/aromatic N) is 4. The lowest BCUT2D eigenvalue weighted by molar-refractivity contribution is 0.579. The van der Waals surface area contributed by atoms with Gasteiger partial charge in [0.15, 0.2) is 5.82 Å². The average molecular weight is 298 g/mol. The molecule has 4 rings (SSSR count). The predicted molar refractivity (Wildman–Crippen MR) is 75.8 cm³/mol. The van der Waals surface area contributed by atoms with Crippen molar-refractivity contribution in [3.63, 3.8) is 0 Å². The highest BCUT2D eigenvalue weighted by molar-refractivity contribution is 6.12. The highest BCUT2D eigenvalue weighted by Gasteiger charge is 2.23. The summed E-state index contributed by atoms with van der Waals surface area (Å²) in [5.74, 6) is -1.11. The minimum absolute atomic E-state index is 0.0238. The molecule has 22 heavy (non-hydrogen) atoms. The number of halogens is 2. The molecular formula is C14H8F2N6. The maximum atomic E-state index is 14.0. The van der Waals surface area contributed by atoms with Crippen LogP contribution in [0.25, 0.3) is 11.3 Å². The van der Waals surface area contributed by atoms with Crippen LogP contribution in [0.5, 0.6) is 0 Å². The predicted octanol–water partition coefficient (Wildman–Crippen LogP) is 2.65. The monoisotopic (exact) mass is 298 g/mol. The van der Waals surface area contributed by atoms with Crippen LogP contribution in [0.1, 0.15) is 5.56 Å². The van der Waals surface area contributed by atoms with Crippen LogP contribution in [0, 0.1) is 11.6 Å². The number of aromatic nitrogens is 4. The molecule has 1 aromatic carbocycles. The van der Waals surface area contributed by atoms with Crippen LogP contribution >= 0.6 is 0 Å². The molecule has 1 aliphatic rings. The van der Waals surface area contributed by atoms with Crippen molar-refractivity contribution in [2.45, 2.75) is 0 Å². The van der Waals surface area contributed by atoms with Gasteiger partial charge in [-0.05, 0) is 12.1 Å². The van der Waals surface area contributed by atoms with Crippen molar-refractivity contribution in [3.8, 4) is 11.3 Å². The second-order valence-electron chi connectivity index (χ2n) is 4.60. The number of rotatable bonds is 1. The van der Waals surface area contributed by atoms with E-state index in [0.29, 0.717) is 22.8 Å². The first kappa shape index (κ1) is 12.6. The Morgan fingerprint density at radius 3 is 2.68 bits per heavy atom. The van der Waals surface area contributed by atoms with Crippen LogP contribution in [-0.2, 0) is 0 Å². The normalized spacial score (nSPS) is 12.7. The Hall–Kier alpha value is -3.16. The molecule has 108 valence electrons. The van der Waals surface area contributed by atoms with Crippen molar-refractivity contribution in [2.75, 3.05) is 5.32 Å². The third kappa shape index (κ3) is 1.85. The van der Waals surface area contributed by atoms with Gasteiger partial charge in [-0.1, -0.05) is 6.07 Å². The Balaban J connectivity index is 1.99. The first-order chi connectivity index (χ1) is 10.7. The number of aliphatic imine (C=N–C) groups is 1. The third-order valence-corrected chi connectivity index (χ3v) is 3.27. The number of amidine groups is 1. The topological polar surface area (TPSA) is 78.8 Å². The molecule has 0 unspecified atom stereocenters. The smallest absolute Gasteiger partial charge is 0.167 e. The molecule has 1 aliphatic heterocycles. The van der Waals surface area contributed by atoms with Crippen molar-refractivity contribution in [3.05, 3.63) is 54.1 Å².